The number of hydrogen-bond donors (Lipinski definition) is 0. The molecule has 1 rings (SSSR count). The van der Waals surface area contributed by atoms with Gasteiger partial charge >= 0.3 is 0 Å². The molecule has 0 fully saturated rings. The van der Waals surface area contributed by atoms with Gasteiger partial charge in [-0.05, 0) is 11.6 Å². The number of halogens is 1. The lowest BCUT2D eigenvalue weighted by Crippen LogP contribution is -1.89. The van der Waals surface area contributed by atoms with Gasteiger partial charge in [-0.1, -0.05) is 0 Å². The van der Waals surface area contributed by atoms with E-state index in [0.717, 1.165) is 11.8 Å². The van der Waals surface area contributed by atoms with Crippen molar-refractivity contribution in [1.29, 1.82) is 0 Å². The van der Waals surface area contributed by atoms with E-state index >= 15 is 0 Å². The molecule has 0 atom stereocenters. The molecule has 3 heteroatoms. The summed E-state index contributed by atoms with van der Waals surface area (Å²) in [6.07, 6.45) is 3.94. The lowest BCUT2D eigenvalue weighted by molar-refractivity contribution is 0.112. The molecular formula is C7H6ClNO. The van der Waals surface area contributed by atoms with E-state index < -0.39 is 0 Å². The molecule has 2 nitrogen and oxygen atoms in total. The van der Waals surface area contributed by atoms with Gasteiger partial charge in [0.1, 0.15) is 6.29 Å². The second-order valence-electron chi connectivity index (χ2n) is 1.83. The Morgan fingerprint density at radius 1 is 1.70 bits per heavy atom. The zero-order valence-electron chi connectivity index (χ0n) is 5.25. The van der Waals surface area contributed by atoms with Crippen LogP contribution >= 0.6 is 11.6 Å². The van der Waals surface area contributed by atoms with Crippen molar-refractivity contribution in [1.82, 2.24) is 4.98 Å². The second-order valence-corrected chi connectivity index (χ2v) is 2.09. The second kappa shape index (κ2) is 3.32. The largest absolute Gasteiger partial charge is 0.298 e. The number of alkyl halides is 1. The minimum absolute atomic E-state index is 0.335. The van der Waals surface area contributed by atoms with Gasteiger partial charge in [0.2, 0.25) is 0 Å². The Bertz CT molecular complexity index is 237. The number of nitrogens with zero attached hydrogens (tertiary/aromatic N) is 1. The van der Waals surface area contributed by atoms with E-state index in [2.05, 4.69) is 4.98 Å². The normalized spacial score (nSPS) is 9.30. The van der Waals surface area contributed by atoms with Crippen LogP contribution in [-0.2, 0) is 5.88 Å². The number of rotatable bonds is 2. The summed E-state index contributed by atoms with van der Waals surface area (Å²) in [5.74, 6) is 0.335. The van der Waals surface area contributed by atoms with Gasteiger partial charge in [-0.3, -0.25) is 9.78 Å². The molecular weight excluding hydrogens is 150 g/mol. The predicted octanol–water partition coefficient (Wildman–Crippen LogP) is 1.63. The summed E-state index contributed by atoms with van der Waals surface area (Å²) in [7, 11) is 0. The molecule has 1 heterocycles. The number of hydrogen-bond acceptors (Lipinski definition) is 2. The van der Waals surface area contributed by atoms with Crippen LogP contribution in [0.2, 0.25) is 0 Å². The fourth-order valence-electron chi connectivity index (χ4n) is 0.665. The Morgan fingerprint density at radius 3 is 3.00 bits per heavy atom. The maximum Gasteiger partial charge on any atom is 0.150 e. The highest BCUT2D eigenvalue weighted by Gasteiger charge is 1.96. The molecule has 10 heavy (non-hydrogen) atoms. The first-order chi connectivity index (χ1) is 4.88. The van der Waals surface area contributed by atoms with Gasteiger partial charge in [0.15, 0.2) is 0 Å². The summed E-state index contributed by atoms with van der Waals surface area (Å²) in [6, 6.07) is 1.64. The number of pyridine rings is 1. The average Bonchev–Trinajstić information content (AvgIpc) is 2.04. The maximum atomic E-state index is 10.3. The Hall–Kier alpha value is -0.890. The predicted molar refractivity (Wildman–Crippen MR) is 39.2 cm³/mol. The topological polar surface area (TPSA) is 30.0 Å². The minimum Gasteiger partial charge on any atom is -0.298 e. The molecule has 0 saturated heterocycles. The first-order valence-electron chi connectivity index (χ1n) is 2.82. The van der Waals surface area contributed by atoms with Crippen molar-refractivity contribution in [2.75, 3.05) is 0 Å². The van der Waals surface area contributed by atoms with Crippen molar-refractivity contribution in [2.24, 2.45) is 0 Å². The molecule has 0 aromatic carbocycles. The lowest BCUT2D eigenvalue weighted by Gasteiger charge is -1.95. The third kappa shape index (κ3) is 1.33. The quantitative estimate of drug-likeness (QED) is 0.480. The summed E-state index contributed by atoms with van der Waals surface area (Å²) < 4.78 is 0. The molecule has 0 N–H and O–H groups in total. The van der Waals surface area contributed by atoms with Crippen molar-refractivity contribution in [2.45, 2.75) is 5.88 Å². The number of aromatic nitrogens is 1. The fraction of sp³-hybridized carbons (Fsp3) is 0.143. The molecule has 0 aliphatic rings. The monoisotopic (exact) mass is 155 g/mol. The molecule has 1 aromatic heterocycles. The van der Waals surface area contributed by atoms with Crippen molar-refractivity contribution in [3.8, 4) is 0 Å². The molecule has 0 radical (unpaired) electrons. The van der Waals surface area contributed by atoms with Crippen LogP contribution in [0.5, 0.6) is 0 Å². The van der Waals surface area contributed by atoms with Crippen LogP contribution in [0.1, 0.15) is 15.9 Å². The average molecular weight is 156 g/mol. The van der Waals surface area contributed by atoms with Gasteiger partial charge < -0.3 is 0 Å². The van der Waals surface area contributed by atoms with Crippen LogP contribution in [0, 0.1) is 0 Å². The van der Waals surface area contributed by atoms with Gasteiger partial charge in [-0.2, -0.15) is 0 Å². The molecule has 52 valence electrons. The van der Waals surface area contributed by atoms with Gasteiger partial charge in [0.05, 0.1) is 0 Å². The third-order valence-electron chi connectivity index (χ3n) is 1.21. The highest BCUT2D eigenvalue weighted by Crippen LogP contribution is 2.06. The van der Waals surface area contributed by atoms with Crippen LogP contribution in [0.3, 0.4) is 0 Å². The van der Waals surface area contributed by atoms with Crippen molar-refractivity contribution >= 4 is 17.9 Å². The van der Waals surface area contributed by atoms with Crippen LogP contribution < -0.4 is 0 Å². The van der Waals surface area contributed by atoms with Crippen molar-refractivity contribution in [3.05, 3.63) is 29.6 Å². The third-order valence-corrected chi connectivity index (χ3v) is 1.50. The Morgan fingerprint density at radius 2 is 2.50 bits per heavy atom. The first kappa shape index (κ1) is 7.22. The molecule has 0 amide bonds. The van der Waals surface area contributed by atoms with Crippen molar-refractivity contribution in [3.63, 3.8) is 0 Å². The van der Waals surface area contributed by atoms with E-state index in [1.807, 2.05) is 0 Å². The summed E-state index contributed by atoms with van der Waals surface area (Å²) in [5, 5.41) is 0. The number of aldehydes is 1. The molecule has 1 aromatic rings. The molecule has 0 spiro atoms. The van der Waals surface area contributed by atoms with E-state index in [9.17, 15) is 4.79 Å². The van der Waals surface area contributed by atoms with E-state index in [-0.39, 0.29) is 0 Å². The van der Waals surface area contributed by atoms with Crippen LogP contribution in [0.25, 0.3) is 0 Å². The van der Waals surface area contributed by atoms with E-state index in [1.54, 1.807) is 18.5 Å². The van der Waals surface area contributed by atoms with Crippen LogP contribution in [0.15, 0.2) is 18.5 Å². The molecule has 0 bridgehead atoms. The molecule has 0 unspecified atom stereocenters. The summed E-state index contributed by atoms with van der Waals surface area (Å²) >= 11 is 5.51. The standard InChI is InChI=1S/C7H6ClNO/c8-3-7-4-9-2-1-6(7)5-10/h1-2,4-5H,3H2. The van der Waals surface area contributed by atoms with E-state index in [4.69, 9.17) is 11.6 Å². The van der Waals surface area contributed by atoms with Crippen LogP contribution in [0.4, 0.5) is 0 Å². The highest BCUT2D eigenvalue weighted by atomic mass is 35.5. The Labute approximate surface area is 63.8 Å². The zero-order valence-corrected chi connectivity index (χ0v) is 6.01. The minimum atomic E-state index is 0.335. The van der Waals surface area contributed by atoms with E-state index in [0.29, 0.717) is 11.4 Å². The Balaban J connectivity index is 3.08. The molecule has 0 aliphatic carbocycles. The SMILES string of the molecule is O=Cc1ccncc1CCl. The summed E-state index contributed by atoms with van der Waals surface area (Å²) in [4.78, 5) is 14.1. The zero-order chi connectivity index (χ0) is 7.40. The smallest absolute Gasteiger partial charge is 0.150 e. The Kier molecular flexibility index (Phi) is 2.40. The van der Waals surface area contributed by atoms with Gasteiger partial charge in [0.25, 0.3) is 0 Å². The highest BCUT2D eigenvalue weighted by molar-refractivity contribution is 6.17. The maximum absolute atomic E-state index is 10.3. The van der Waals surface area contributed by atoms with Gasteiger partial charge in [-0.15, -0.1) is 11.6 Å². The van der Waals surface area contributed by atoms with Gasteiger partial charge in [0, 0.05) is 23.8 Å². The summed E-state index contributed by atoms with van der Waals surface area (Å²) in [6.45, 7) is 0. The van der Waals surface area contributed by atoms with Gasteiger partial charge in [-0.25, -0.2) is 0 Å². The fourth-order valence-corrected chi connectivity index (χ4v) is 0.888. The molecule has 0 saturated carbocycles. The van der Waals surface area contributed by atoms with Crippen LogP contribution in [-0.4, -0.2) is 11.3 Å². The van der Waals surface area contributed by atoms with E-state index in [1.165, 1.54) is 0 Å². The molecule has 0 aliphatic heterocycles. The summed E-state index contributed by atoms with van der Waals surface area (Å²) in [5.41, 5.74) is 1.39. The first-order valence-corrected chi connectivity index (χ1v) is 3.36. The number of carbonyl (C=O) groups is 1. The van der Waals surface area contributed by atoms with Crippen molar-refractivity contribution < 1.29 is 4.79 Å². The lowest BCUT2D eigenvalue weighted by atomic mass is 10.2. The number of carbonyl (C=O) groups excluding carboxylic acids is 1.